The van der Waals surface area contributed by atoms with Gasteiger partial charge in [0.05, 0.1) is 5.02 Å². The summed E-state index contributed by atoms with van der Waals surface area (Å²) in [5.74, 6) is -1.18. The number of rotatable bonds is 2. The zero-order valence-corrected chi connectivity index (χ0v) is 10.5. The Morgan fingerprint density at radius 3 is 2.28 bits per heavy atom. The predicted octanol–water partition coefficient (Wildman–Crippen LogP) is 4.35. The molecule has 1 nitrogen and oxygen atoms in total. The first-order valence-corrected chi connectivity index (χ1v) is 5.82. The molecule has 0 saturated heterocycles. The molecule has 1 unspecified atom stereocenters. The minimum atomic E-state index is -1.21. The number of hydrogen-bond acceptors (Lipinski definition) is 1. The van der Waals surface area contributed by atoms with Gasteiger partial charge in [0, 0.05) is 10.6 Å². The van der Waals surface area contributed by atoms with Crippen LogP contribution in [-0.4, -0.2) is 5.11 Å². The van der Waals surface area contributed by atoms with Crippen LogP contribution >= 0.6 is 23.2 Å². The number of benzene rings is 2. The zero-order valence-electron chi connectivity index (χ0n) is 9.00. The molecule has 0 aliphatic heterocycles. The Bertz CT molecular complexity index is 587. The highest BCUT2D eigenvalue weighted by molar-refractivity contribution is 6.31. The SMILES string of the molecule is OC(c1ccc(Cl)c(F)c1)c1cc(F)ccc1Cl. The highest BCUT2D eigenvalue weighted by Gasteiger charge is 2.16. The summed E-state index contributed by atoms with van der Waals surface area (Å²) < 4.78 is 26.4. The molecular formula is C13H8Cl2F2O. The third-order valence-electron chi connectivity index (χ3n) is 2.51. The highest BCUT2D eigenvalue weighted by atomic mass is 35.5. The van der Waals surface area contributed by atoms with E-state index in [1.807, 2.05) is 0 Å². The van der Waals surface area contributed by atoms with Crippen molar-refractivity contribution >= 4 is 23.2 Å². The minimum absolute atomic E-state index is 0.0451. The summed E-state index contributed by atoms with van der Waals surface area (Å²) >= 11 is 11.4. The minimum Gasteiger partial charge on any atom is -0.384 e. The van der Waals surface area contributed by atoms with E-state index in [1.54, 1.807) is 0 Å². The molecule has 0 heterocycles. The van der Waals surface area contributed by atoms with E-state index >= 15 is 0 Å². The smallest absolute Gasteiger partial charge is 0.142 e. The second-order valence-corrected chi connectivity index (χ2v) is 4.56. The van der Waals surface area contributed by atoms with Gasteiger partial charge in [-0.2, -0.15) is 0 Å². The fourth-order valence-corrected chi connectivity index (χ4v) is 1.92. The zero-order chi connectivity index (χ0) is 13.3. The Morgan fingerprint density at radius 1 is 0.944 bits per heavy atom. The van der Waals surface area contributed by atoms with Crippen molar-refractivity contribution in [2.75, 3.05) is 0 Å². The van der Waals surface area contributed by atoms with E-state index in [2.05, 4.69) is 0 Å². The van der Waals surface area contributed by atoms with E-state index in [1.165, 1.54) is 24.3 Å². The molecule has 2 rings (SSSR count). The van der Waals surface area contributed by atoms with Crippen molar-refractivity contribution in [1.29, 1.82) is 0 Å². The third-order valence-corrected chi connectivity index (χ3v) is 3.16. The quantitative estimate of drug-likeness (QED) is 0.871. The molecular weight excluding hydrogens is 281 g/mol. The lowest BCUT2D eigenvalue weighted by Crippen LogP contribution is -2.02. The Balaban J connectivity index is 2.44. The van der Waals surface area contributed by atoms with Crippen LogP contribution in [0, 0.1) is 11.6 Å². The van der Waals surface area contributed by atoms with Gasteiger partial charge < -0.3 is 5.11 Å². The molecule has 94 valence electrons. The second-order valence-electron chi connectivity index (χ2n) is 3.74. The van der Waals surface area contributed by atoms with Crippen LogP contribution in [0.3, 0.4) is 0 Å². The average molecular weight is 289 g/mol. The van der Waals surface area contributed by atoms with Gasteiger partial charge in [-0.15, -0.1) is 0 Å². The van der Waals surface area contributed by atoms with Gasteiger partial charge >= 0.3 is 0 Å². The molecule has 1 N–H and O–H groups in total. The summed E-state index contributed by atoms with van der Waals surface area (Å²) in [5, 5.41) is 10.2. The van der Waals surface area contributed by atoms with Gasteiger partial charge in [0.1, 0.15) is 17.7 Å². The average Bonchev–Trinajstić information content (AvgIpc) is 2.35. The van der Waals surface area contributed by atoms with Gasteiger partial charge in [-0.25, -0.2) is 8.78 Å². The number of halogens is 4. The number of aliphatic hydroxyl groups is 1. The molecule has 0 spiro atoms. The van der Waals surface area contributed by atoms with Crippen LogP contribution in [-0.2, 0) is 0 Å². The third kappa shape index (κ3) is 2.64. The highest BCUT2D eigenvalue weighted by Crippen LogP contribution is 2.30. The molecule has 0 aliphatic carbocycles. The first kappa shape index (κ1) is 13.3. The standard InChI is InChI=1S/C13H8Cl2F2O/c14-10-4-2-8(16)6-9(10)13(18)7-1-3-11(15)12(17)5-7/h1-6,13,18H. The topological polar surface area (TPSA) is 20.2 Å². The van der Waals surface area contributed by atoms with Crippen LogP contribution in [0.25, 0.3) is 0 Å². The predicted molar refractivity (Wildman–Crippen MR) is 66.9 cm³/mol. The maximum Gasteiger partial charge on any atom is 0.142 e. The second kappa shape index (κ2) is 5.22. The summed E-state index contributed by atoms with van der Waals surface area (Å²) in [6.45, 7) is 0. The molecule has 0 aliphatic rings. The van der Waals surface area contributed by atoms with Crippen LogP contribution in [0.5, 0.6) is 0 Å². The van der Waals surface area contributed by atoms with Crippen LogP contribution in [0.2, 0.25) is 10.0 Å². The van der Waals surface area contributed by atoms with Crippen LogP contribution < -0.4 is 0 Å². The van der Waals surface area contributed by atoms with Crippen LogP contribution in [0.4, 0.5) is 8.78 Å². The molecule has 0 fully saturated rings. The maximum absolute atomic E-state index is 13.3. The first-order chi connectivity index (χ1) is 8.49. The Kier molecular flexibility index (Phi) is 3.85. The van der Waals surface area contributed by atoms with E-state index < -0.39 is 17.7 Å². The molecule has 2 aromatic rings. The lowest BCUT2D eigenvalue weighted by Gasteiger charge is -2.13. The maximum atomic E-state index is 13.3. The van der Waals surface area contributed by atoms with Crippen LogP contribution in [0.15, 0.2) is 36.4 Å². The summed E-state index contributed by atoms with van der Waals surface area (Å²) in [6, 6.07) is 7.50. The molecule has 18 heavy (non-hydrogen) atoms. The van der Waals surface area contributed by atoms with Crippen LogP contribution in [0.1, 0.15) is 17.2 Å². The largest absolute Gasteiger partial charge is 0.384 e. The number of hydrogen-bond donors (Lipinski definition) is 1. The fourth-order valence-electron chi connectivity index (χ4n) is 1.59. The van der Waals surface area contributed by atoms with Crippen molar-refractivity contribution in [3.05, 3.63) is 69.2 Å². The van der Waals surface area contributed by atoms with Crippen molar-refractivity contribution in [3.63, 3.8) is 0 Å². The van der Waals surface area contributed by atoms with E-state index in [0.717, 1.165) is 12.1 Å². The van der Waals surface area contributed by atoms with Gasteiger partial charge in [0.15, 0.2) is 0 Å². The van der Waals surface area contributed by atoms with Crippen molar-refractivity contribution in [3.8, 4) is 0 Å². The summed E-state index contributed by atoms with van der Waals surface area (Å²) in [6.07, 6.45) is -1.21. The van der Waals surface area contributed by atoms with Crippen molar-refractivity contribution in [1.82, 2.24) is 0 Å². The molecule has 0 aromatic heterocycles. The van der Waals surface area contributed by atoms with E-state index in [0.29, 0.717) is 0 Å². The lowest BCUT2D eigenvalue weighted by atomic mass is 10.0. The number of aliphatic hydroxyl groups excluding tert-OH is 1. The monoisotopic (exact) mass is 288 g/mol. The lowest BCUT2D eigenvalue weighted by molar-refractivity contribution is 0.219. The van der Waals surface area contributed by atoms with Gasteiger partial charge in [0.25, 0.3) is 0 Å². The Labute approximate surface area is 113 Å². The van der Waals surface area contributed by atoms with Crippen molar-refractivity contribution in [2.45, 2.75) is 6.10 Å². The summed E-state index contributed by atoms with van der Waals surface area (Å²) in [4.78, 5) is 0. The molecule has 2 aromatic carbocycles. The van der Waals surface area contributed by atoms with Gasteiger partial charge in [0.2, 0.25) is 0 Å². The van der Waals surface area contributed by atoms with E-state index in [4.69, 9.17) is 23.2 Å². The summed E-state index contributed by atoms with van der Waals surface area (Å²) in [7, 11) is 0. The molecule has 5 heteroatoms. The van der Waals surface area contributed by atoms with Gasteiger partial charge in [-0.1, -0.05) is 29.3 Å². The molecule has 0 amide bonds. The van der Waals surface area contributed by atoms with Crippen molar-refractivity contribution in [2.24, 2.45) is 0 Å². The normalized spacial score (nSPS) is 12.5. The Morgan fingerprint density at radius 2 is 1.61 bits per heavy atom. The molecule has 1 atom stereocenters. The Hall–Kier alpha value is -1.16. The molecule has 0 radical (unpaired) electrons. The van der Waals surface area contributed by atoms with Gasteiger partial charge in [-0.05, 0) is 35.9 Å². The van der Waals surface area contributed by atoms with E-state index in [9.17, 15) is 13.9 Å². The first-order valence-electron chi connectivity index (χ1n) is 5.07. The fraction of sp³-hybridized carbons (Fsp3) is 0.0769. The van der Waals surface area contributed by atoms with Crippen molar-refractivity contribution < 1.29 is 13.9 Å². The van der Waals surface area contributed by atoms with Gasteiger partial charge in [-0.3, -0.25) is 0 Å². The molecule has 0 saturated carbocycles. The van der Waals surface area contributed by atoms with E-state index in [-0.39, 0.29) is 21.2 Å². The summed E-state index contributed by atoms with van der Waals surface area (Å²) in [5.41, 5.74) is 0.433. The molecule has 0 bridgehead atoms.